The molecule has 3 heteroatoms. The third-order valence-electron chi connectivity index (χ3n) is 5.21. The number of nitriles is 1. The zero-order valence-corrected chi connectivity index (χ0v) is 14.1. The Hall–Kier alpha value is -2.47. The molecule has 3 rings (SSSR count). The first-order chi connectivity index (χ1) is 12.2. The maximum Gasteiger partial charge on any atom is 0.141 e. The Morgan fingerprint density at radius 1 is 1.00 bits per heavy atom. The van der Waals surface area contributed by atoms with Crippen molar-refractivity contribution >= 4 is 0 Å². The molecule has 0 bridgehead atoms. The molecule has 0 heterocycles. The number of allylic oxidation sites excluding steroid dienone is 1. The first-order valence-electron chi connectivity index (χ1n) is 8.76. The normalized spacial score (nSPS) is 20.5. The summed E-state index contributed by atoms with van der Waals surface area (Å²) < 4.78 is 25.9. The predicted octanol–water partition coefficient (Wildman–Crippen LogP) is 6.51. The molecule has 0 unspecified atom stereocenters. The van der Waals surface area contributed by atoms with Crippen LogP contribution >= 0.6 is 0 Å². The van der Waals surface area contributed by atoms with Crippen LogP contribution in [0.25, 0.3) is 11.1 Å². The van der Waals surface area contributed by atoms with Crippen molar-refractivity contribution in [2.45, 2.75) is 38.0 Å². The molecule has 0 N–H and O–H groups in total. The number of nitrogens with zero attached hydrogens (tertiary/aromatic N) is 1. The van der Waals surface area contributed by atoms with Gasteiger partial charge in [0.15, 0.2) is 0 Å². The van der Waals surface area contributed by atoms with Crippen LogP contribution in [0, 0.1) is 23.1 Å². The largest absolute Gasteiger partial charge is 0.216 e. The molecule has 128 valence electrons. The minimum Gasteiger partial charge on any atom is -0.216 e. The van der Waals surface area contributed by atoms with Crippen molar-refractivity contribution in [2.75, 3.05) is 0 Å². The number of rotatable bonds is 4. The van der Waals surface area contributed by atoms with E-state index >= 15 is 0 Å². The average Bonchev–Trinajstić information content (AvgIpc) is 2.67. The summed E-state index contributed by atoms with van der Waals surface area (Å²) in [5, 5.41) is 8.81. The second-order valence-electron chi connectivity index (χ2n) is 6.74. The van der Waals surface area contributed by atoms with Crippen LogP contribution in [0.3, 0.4) is 0 Å². The van der Waals surface area contributed by atoms with Gasteiger partial charge in [-0.15, -0.1) is 0 Å². The smallest absolute Gasteiger partial charge is 0.141 e. The number of benzene rings is 2. The second-order valence-corrected chi connectivity index (χ2v) is 6.74. The van der Waals surface area contributed by atoms with E-state index in [1.807, 2.05) is 18.2 Å². The second kappa shape index (κ2) is 8.07. The van der Waals surface area contributed by atoms with Gasteiger partial charge in [0, 0.05) is 0 Å². The molecule has 25 heavy (non-hydrogen) atoms. The fraction of sp³-hybridized carbons (Fsp3) is 0.318. The lowest BCUT2D eigenvalue weighted by Gasteiger charge is -2.28. The highest BCUT2D eigenvalue weighted by atomic mass is 19.1. The van der Waals surface area contributed by atoms with Crippen molar-refractivity contribution in [1.82, 2.24) is 0 Å². The maximum absolute atomic E-state index is 13.8. The van der Waals surface area contributed by atoms with E-state index in [0.717, 1.165) is 43.2 Å². The van der Waals surface area contributed by atoms with Crippen LogP contribution in [0.15, 0.2) is 54.9 Å². The van der Waals surface area contributed by atoms with Crippen LogP contribution in [-0.2, 0) is 0 Å². The van der Waals surface area contributed by atoms with Crippen molar-refractivity contribution in [2.24, 2.45) is 5.92 Å². The first-order valence-corrected chi connectivity index (χ1v) is 8.76. The Morgan fingerprint density at radius 2 is 1.68 bits per heavy atom. The maximum atomic E-state index is 13.8. The highest BCUT2D eigenvalue weighted by Gasteiger charge is 2.21. The number of hydrogen-bond donors (Lipinski definition) is 0. The topological polar surface area (TPSA) is 23.8 Å². The summed E-state index contributed by atoms with van der Waals surface area (Å²) in [4.78, 5) is 0. The Kier molecular flexibility index (Phi) is 5.60. The SMILES string of the molecule is N#Cc1ccc(-c2ccc(C3CCC(CC=CF)CC3)cc2)cc1F. The zero-order valence-electron chi connectivity index (χ0n) is 14.1. The molecule has 1 aliphatic carbocycles. The van der Waals surface area contributed by atoms with Crippen LogP contribution in [0.4, 0.5) is 8.78 Å². The van der Waals surface area contributed by atoms with Gasteiger partial charge in [0.2, 0.25) is 0 Å². The Morgan fingerprint density at radius 3 is 2.28 bits per heavy atom. The van der Waals surface area contributed by atoms with Gasteiger partial charge < -0.3 is 0 Å². The van der Waals surface area contributed by atoms with E-state index in [9.17, 15) is 8.78 Å². The third-order valence-corrected chi connectivity index (χ3v) is 5.21. The Balaban J connectivity index is 1.67. The molecule has 0 radical (unpaired) electrons. The third kappa shape index (κ3) is 4.14. The lowest BCUT2D eigenvalue weighted by Crippen LogP contribution is -2.12. The molecule has 2 aromatic rings. The van der Waals surface area contributed by atoms with Crippen molar-refractivity contribution in [3.05, 3.63) is 71.8 Å². The van der Waals surface area contributed by atoms with E-state index in [1.165, 1.54) is 17.7 Å². The molecule has 0 aromatic heterocycles. The quantitative estimate of drug-likeness (QED) is 0.623. The van der Waals surface area contributed by atoms with Gasteiger partial charge in [-0.3, -0.25) is 0 Å². The lowest BCUT2D eigenvalue weighted by atomic mass is 9.77. The van der Waals surface area contributed by atoms with Crippen molar-refractivity contribution in [3.63, 3.8) is 0 Å². The molecule has 0 atom stereocenters. The van der Waals surface area contributed by atoms with Crippen LogP contribution in [0.1, 0.15) is 49.1 Å². The van der Waals surface area contributed by atoms with Gasteiger partial charge in [0.25, 0.3) is 0 Å². The standard InChI is InChI=1S/C22H21F2N/c23-13-1-2-16-3-5-17(6-4-16)18-7-9-19(10-8-18)20-11-12-21(15-25)22(24)14-20/h1,7-14,16-17H,2-6H2. The molecule has 0 amide bonds. The molecule has 1 fully saturated rings. The van der Waals surface area contributed by atoms with Gasteiger partial charge >= 0.3 is 0 Å². The van der Waals surface area contributed by atoms with Gasteiger partial charge in [-0.25, -0.2) is 8.78 Å². The van der Waals surface area contributed by atoms with Crippen LogP contribution in [-0.4, -0.2) is 0 Å². The summed E-state index contributed by atoms with van der Waals surface area (Å²) in [5.41, 5.74) is 3.12. The number of hydrogen-bond acceptors (Lipinski definition) is 1. The summed E-state index contributed by atoms with van der Waals surface area (Å²) in [6.45, 7) is 0. The molecule has 1 aliphatic rings. The molecule has 0 saturated heterocycles. The van der Waals surface area contributed by atoms with Crippen molar-refractivity contribution in [3.8, 4) is 17.2 Å². The zero-order chi connectivity index (χ0) is 17.6. The Bertz CT molecular complexity index is 779. The van der Waals surface area contributed by atoms with E-state index in [1.54, 1.807) is 12.1 Å². The lowest BCUT2D eigenvalue weighted by molar-refractivity contribution is 0.327. The average molecular weight is 337 g/mol. The molecule has 1 nitrogen and oxygen atoms in total. The van der Waals surface area contributed by atoms with Crippen molar-refractivity contribution < 1.29 is 8.78 Å². The minimum atomic E-state index is -0.482. The van der Waals surface area contributed by atoms with E-state index in [2.05, 4.69) is 12.1 Å². The van der Waals surface area contributed by atoms with Crippen LogP contribution in [0.2, 0.25) is 0 Å². The monoisotopic (exact) mass is 337 g/mol. The molecule has 2 aromatic carbocycles. The van der Waals surface area contributed by atoms with E-state index in [0.29, 0.717) is 18.2 Å². The Labute approximate surface area is 147 Å². The van der Waals surface area contributed by atoms with E-state index in [-0.39, 0.29) is 5.56 Å². The molecular weight excluding hydrogens is 316 g/mol. The van der Waals surface area contributed by atoms with Gasteiger partial charge in [-0.2, -0.15) is 5.26 Å². The van der Waals surface area contributed by atoms with Crippen LogP contribution in [0.5, 0.6) is 0 Å². The van der Waals surface area contributed by atoms with Gasteiger partial charge in [0.05, 0.1) is 11.9 Å². The summed E-state index contributed by atoms with van der Waals surface area (Å²) >= 11 is 0. The van der Waals surface area contributed by atoms with Gasteiger partial charge in [-0.05, 0) is 72.8 Å². The highest BCUT2D eigenvalue weighted by Crippen LogP contribution is 2.37. The molecule has 1 saturated carbocycles. The van der Waals surface area contributed by atoms with Gasteiger partial charge in [-0.1, -0.05) is 36.4 Å². The summed E-state index contributed by atoms with van der Waals surface area (Å²) in [5.74, 6) is 0.672. The fourth-order valence-corrected chi connectivity index (χ4v) is 3.71. The van der Waals surface area contributed by atoms with E-state index in [4.69, 9.17) is 5.26 Å². The summed E-state index contributed by atoms with van der Waals surface area (Å²) in [6.07, 6.45) is 7.65. The molecule has 0 spiro atoms. The molecular formula is C22H21F2N. The van der Waals surface area contributed by atoms with E-state index < -0.39 is 5.82 Å². The summed E-state index contributed by atoms with van der Waals surface area (Å²) in [7, 11) is 0. The predicted molar refractivity (Wildman–Crippen MR) is 96.1 cm³/mol. The van der Waals surface area contributed by atoms with Gasteiger partial charge in [0.1, 0.15) is 11.9 Å². The fourth-order valence-electron chi connectivity index (χ4n) is 3.71. The number of halogens is 2. The van der Waals surface area contributed by atoms with Crippen molar-refractivity contribution in [1.29, 1.82) is 5.26 Å². The first kappa shape index (κ1) is 17.4. The molecule has 0 aliphatic heterocycles. The highest BCUT2D eigenvalue weighted by molar-refractivity contribution is 5.64. The minimum absolute atomic E-state index is 0.0692. The summed E-state index contributed by atoms with van der Waals surface area (Å²) in [6, 6.07) is 14.8. The van der Waals surface area contributed by atoms with Crippen LogP contribution < -0.4 is 0 Å².